The lowest BCUT2D eigenvalue weighted by molar-refractivity contribution is -0.384. The number of rotatable bonds is 5. The Morgan fingerprint density at radius 2 is 1.82 bits per heavy atom. The highest BCUT2D eigenvalue weighted by molar-refractivity contribution is 9.10. The van der Waals surface area contributed by atoms with Crippen molar-refractivity contribution in [1.82, 2.24) is 9.13 Å². The molecule has 2 N–H and O–H groups in total. The van der Waals surface area contributed by atoms with Crippen LogP contribution in [0.3, 0.4) is 0 Å². The summed E-state index contributed by atoms with van der Waals surface area (Å²) in [5.74, 6) is -0.623. The molecule has 2 aromatic carbocycles. The first-order valence-corrected chi connectivity index (χ1v) is 9.26. The second-order valence-electron chi connectivity index (χ2n) is 6.76. The molecule has 0 atom stereocenters. The molecule has 8 nitrogen and oxygen atoms in total. The van der Waals surface area contributed by atoms with E-state index in [1.807, 2.05) is 13.8 Å². The van der Waals surface area contributed by atoms with E-state index in [9.17, 15) is 19.3 Å². The van der Waals surface area contributed by atoms with Gasteiger partial charge in [-0.2, -0.15) is 0 Å². The van der Waals surface area contributed by atoms with E-state index in [1.165, 1.54) is 9.13 Å². The van der Waals surface area contributed by atoms with Crippen LogP contribution in [0.5, 0.6) is 0 Å². The number of halogens is 2. The molecule has 3 aromatic rings. The zero-order valence-electron chi connectivity index (χ0n) is 15.7. The van der Waals surface area contributed by atoms with Crippen LogP contribution < -0.4 is 16.3 Å². The van der Waals surface area contributed by atoms with Crippen molar-refractivity contribution in [3.8, 4) is 0 Å². The van der Waals surface area contributed by atoms with E-state index in [4.69, 9.17) is 0 Å². The van der Waals surface area contributed by atoms with Crippen molar-refractivity contribution < 1.29 is 9.31 Å². The molecule has 148 valence electrons. The summed E-state index contributed by atoms with van der Waals surface area (Å²) in [5.41, 5.74) is 2.08. The third-order valence-corrected chi connectivity index (χ3v) is 4.93. The number of hydrogen-bond donors (Lipinski definition) is 2. The van der Waals surface area contributed by atoms with Crippen LogP contribution >= 0.6 is 15.9 Å². The number of anilines is 3. The largest absolute Gasteiger partial charge is 0.381 e. The van der Waals surface area contributed by atoms with Gasteiger partial charge in [0.25, 0.3) is 5.69 Å². The van der Waals surface area contributed by atoms with Gasteiger partial charge in [-0.3, -0.25) is 19.2 Å². The molecule has 1 heterocycles. The summed E-state index contributed by atoms with van der Waals surface area (Å²) in [6, 6.07) is 5.71. The molecule has 0 saturated carbocycles. The lowest BCUT2D eigenvalue weighted by Gasteiger charge is -2.15. The van der Waals surface area contributed by atoms with Gasteiger partial charge in [-0.05, 0) is 41.9 Å². The molecule has 10 heteroatoms. The van der Waals surface area contributed by atoms with Crippen molar-refractivity contribution in [1.29, 1.82) is 0 Å². The molecule has 0 saturated heterocycles. The predicted molar refractivity (Wildman–Crippen MR) is 111 cm³/mol. The standard InChI is InChI=1S/C18H19BrFN5O3/c1-9(2)21-14-5-10(6-16-17(14)24(4)18(26)23(16)3)22-13-8-12(20)11(19)7-15(13)25(27)28/h5-9,21-22H,1-4H3. The Morgan fingerprint density at radius 1 is 1.14 bits per heavy atom. The zero-order valence-corrected chi connectivity index (χ0v) is 17.3. The molecule has 0 aliphatic rings. The fourth-order valence-corrected chi connectivity index (χ4v) is 3.42. The van der Waals surface area contributed by atoms with Crippen molar-refractivity contribution in [3.63, 3.8) is 0 Å². The Bertz CT molecular complexity index is 1150. The Balaban J connectivity index is 2.20. The zero-order chi connectivity index (χ0) is 20.7. The summed E-state index contributed by atoms with van der Waals surface area (Å²) in [6.07, 6.45) is 0. The summed E-state index contributed by atoms with van der Waals surface area (Å²) in [5, 5.41) is 17.6. The monoisotopic (exact) mass is 451 g/mol. The van der Waals surface area contributed by atoms with E-state index in [1.54, 1.807) is 26.2 Å². The van der Waals surface area contributed by atoms with Crippen LogP contribution in [0, 0.1) is 15.9 Å². The van der Waals surface area contributed by atoms with Crippen LogP contribution in [0.4, 0.5) is 27.1 Å². The SMILES string of the molecule is CC(C)Nc1cc(Nc2cc(F)c(Br)cc2[N+](=O)[O-])cc2c1n(C)c(=O)n2C. The molecule has 0 spiro atoms. The predicted octanol–water partition coefficient (Wildman–Crippen LogP) is 4.25. The minimum atomic E-state index is -0.623. The molecule has 28 heavy (non-hydrogen) atoms. The summed E-state index contributed by atoms with van der Waals surface area (Å²) in [7, 11) is 3.33. The maximum absolute atomic E-state index is 14.0. The lowest BCUT2D eigenvalue weighted by atomic mass is 10.2. The van der Waals surface area contributed by atoms with Gasteiger partial charge in [0.1, 0.15) is 11.5 Å². The van der Waals surface area contributed by atoms with E-state index >= 15 is 0 Å². The van der Waals surface area contributed by atoms with Crippen molar-refractivity contribution in [2.45, 2.75) is 19.9 Å². The minimum absolute atomic E-state index is 0.00724. The number of hydrogen-bond acceptors (Lipinski definition) is 5. The van der Waals surface area contributed by atoms with E-state index in [0.717, 1.165) is 12.1 Å². The number of benzene rings is 2. The number of imidazole rings is 1. The van der Waals surface area contributed by atoms with Crippen molar-refractivity contribution in [2.75, 3.05) is 10.6 Å². The molecule has 3 rings (SSSR count). The van der Waals surface area contributed by atoms with Gasteiger partial charge in [-0.15, -0.1) is 0 Å². The molecule has 1 aromatic heterocycles. The molecule has 0 aliphatic carbocycles. The van der Waals surface area contributed by atoms with Crippen LogP contribution in [0.1, 0.15) is 13.8 Å². The van der Waals surface area contributed by atoms with E-state index in [-0.39, 0.29) is 27.6 Å². The van der Waals surface area contributed by atoms with Gasteiger partial charge in [-0.25, -0.2) is 9.18 Å². The van der Waals surface area contributed by atoms with Gasteiger partial charge < -0.3 is 10.6 Å². The second kappa shape index (κ2) is 7.27. The summed E-state index contributed by atoms with van der Waals surface area (Å²) >= 11 is 2.97. The van der Waals surface area contributed by atoms with Crippen LogP contribution in [0.2, 0.25) is 0 Å². The summed E-state index contributed by atoms with van der Waals surface area (Å²) in [4.78, 5) is 23.1. The Kier molecular flexibility index (Phi) is 5.16. The second-order valence-corrected chi connectivity index (χ2v) is 7.61. The number of fused-ring (bicyclic) bond motifs is 1. The normalized spacial score (nSPS) is 11.2. The number of nitrogens with one attached hydrogen (secondary N) is 2. The highest BCUT2D eigenvalue weighted by atomic mass is 79.9. The van der Waals surface area contributed by atoms with Gasteiger partial charge in [-0.1, -0.05) is 0 Å². The molecule has 0 bridgehead atoms. The lowest BCUT2D eigenvalue weighted by Crippen LogP contribution is -2.19. The van der Waals surface area contributed by atoms with E-state index < -0.39 is 10.7 Å². The third-order valence-electron chi connectivity index (χ3n) is 4.32. The number of nitro groups is 1. The first kappa shape index (κ1) is 19.9. The number of nitro benzene ring substituents is 1. The van der Waals surface area contributed by atoms with E-state index in [2.05, 4.69) is 26.6 Å². The van der Waals surface area contributed by atoms with Gasteiger partial charge in [0.05, 0.1) is 26.1 Å². The van der Waals surface area contributed by atoms with Gasteiger partial charge >= 0.3 is 5.69 Å². The molecular formula is C18H19BrFN5O3. The highest BCUT2D eigenvalue weighted by Crippen LogP contribution is 2.35. The van der Waals surface area contributed by atoms with Crippen molar-refractivity contribution >= 4 is 49.7 Å². The molecule has 0 amide bonds. The fourth-order valence-electron chi connectivity index (χ4n) is 3.09. The molecule has 0 aliphatic heterocycles. The Hall–Kier alpha value is -2.88. The maximum Gasteiger partial charge on any atom is 0.328 e. The fraction of sp³-hybridized carbons (Fsp3) is 0.278. The minimum Gasteiger partial charge on any atom is -0.381 e. The van der Waals surface area contributed by atoms with Crippen LogP contribution in [0.15, 0.2) is 33.5 Å². The van der Waals surface area contributed by atoms with Crippen LogP contribution in [0.25, 0.3) is 11.0 Å². The number of aryl methyl sites for hydroxylation is 2. The topological polar surface area (TPSA) is 94.1 Å². The molecule has 0 radical (unpaired) electrons. The molecule has 0 unspecified atom stereocenters. The summed E-state index contributed by atoms with van der Waals surface area (Å²) in [6.45, 7) is 3.92. The summed E-state index contributed by atoms with van der Waals surface area (Å²) < 4.78 is 17.0. The van der Waals surface area contributed by atoms with Gasteiger partial charge in [0.2, 0.25) is 0 Å². The number of nitrogens with zero attached hydrogens (tertiary/aromatic N) is 3. The third kappa shape index (κ3) is 3.47. The average Bonchev–Trinajstić information content (AvgIpc) is 2.82. The highest BCUT2D eigenvalue weighted by Gasteiger charge is 2.20. The number of aromatic nitrogens is 2. The van der Waals surface area contributed by atoms with Gasteiger partial charge in [0.15, 0.2) is 0 Å². The van der Waals surface area contributed by atoms with Gasteiger partial charge in [0, 0.05) is 38.0 Å². The first-order valence-electron chi connectivity index (χ1n) is 8.46. The smallest absolute Gasteiger partial charge is 0.328 e. The first-order chi connectivity index (χ1) is 13.1. The Labute approximate surface area is 168 Å². The molecule has 0 fully saturated rings. The van der Waals surface area contributed by atoms with Crippen molar-refractivity contribution in [2.24, 2.45) is 14.1 Å². The maximum atomic E-state index is 14.0. The Morgan fingerprint density at radius 3 is 2.43 bits per heavy atom. The average molecular weight is 452 g/mol. The van der Waals surface area contributed by atoms with Crippen molar-refractivity contribution in [3.05, 3.63) is 55.2 Å². The van der Waals surface area contributed by atoms with Crippen LogP contribution in [-0.4, -0.2) is 20.1 Å². The van der Waals surface area contributed by atoms with Crippen LogP contribution in [-0.2, 0) is 14.1 Å². The van der Waals surface area contributed by atoms with E-state index in [0.29, 0.717) is 22.4 Å². The molecular weight excluding hydrogens is 433 g/mol. The quantitative estimate of drug-likeness (QED) is 0.446.